The normalized spacial score (nSPS) is 11.5. The molecule has 0 unspecified atom stereocenters. The Morgan fingerprint density at radius 3 is 2.18 bits per heavy atom. The number of aryl methyl sites for hydroxylation is 1. The average Bonchev–Trinajstić information content (AvgIpc) is 3.03. The lowest BCUT2D eigenvalue weighted by Crippen LogP contribution is -1.88. The van der Waals surface area contributed by atoms with Gasteiger partial charge in [0.25, 0.3) is 0 Å². The van der Waals surface area contributed by atoms with Crippen molar-refractivity contribution in [1.82, 2.24) is 0 Å². The molecule has 0 aliphatic heterocycles. The van der Waals surface area contributed by atoms with E-state index in [0.29, 0.717) is 5.56 Å². The van der Waals surface area contributed by atoms with Gasteiger partial charge in [-0.2, -0.15) is 0 Å². The van der Waals surface area contributed by atoms with Gasteiger partial charge in [-0.3, -0.25) is 0 Å². The molecule has 0 saturated heterocycles. The number of hydrogen-bond donors (Lipinski definition) is 0. The Labute approximate surface area is 165 Å². The van der Waals surface area contributed by atoms with Crippen LogP contribution in [0.25, 0.3) is 11.1 Å². The molecule has 0 amide bonds. The second kappa shape index (κ2) is 7.98. The van der Waals surface area contributed by atoms with Crippen LogP contribution in [0.4, 0.5) is 8.78 Å². The van der Waals surface area contributed by atoms with E-state index >= 15 is 0 Å². The molecule has 1 aliphatic rings. The Hall–Kier alpha value is -2.92. The van der Waals surface area contributed by atoms with Crippen molar-refractivity contribution in [3.8, 4) is 23.0 Å². The third-order valence-electron chi connectivity index (χ3n) is 5.23. The number of rotatable bonds is 4. The lowest BCUT2D eigenvalue weighted by atomic mass is 10.00. The van der Waals surface area contributed by atoms with Crippen molar-refractivity contribution in [1.29, 1.82) is 0 Å². The molecular formula is C26H22F2. The molecule has 3 aromatic carbocycles. The summed E-state index contributed by atoms with van der Waals surface area (Å²) in [6.45, 7) is 2.23. The quantitative estimate of drug-likeness (QED) is 0.277. The van der Waals surface area contributed by atoms with Gasteiger partial charge in [0, 0.05) is 17.2 Å². The van der Waals surface area contributed by atoms with Crippen LogP contribution in [0.5, 0.6) is 0 Å². The van der Waals surface area contributed by atoms with Crippen LogP contribution in [0.2, 0.25) is 0 Å². The number of halogens is 2. The predicted molar refractivity (Wildman–Crippen MR) is 110 cm³/mol. The molecule has 0 N–H and O–H groups in total. The lowest BCUT2D eigenvalue weighted by molar-refractivity contribution is 0.582. The zero-order valence-corrected chi connectivity index (χ0v) is 16.0. The van der Waals surface area contributed by atoms with Gasteiger partial charge in [0.15, 0.2) is 0 Å². The van der Waals surface area contributed by atoms with Gasteiger partial charge < -0.3 is 0 Å². The molecule has 0 spiro atoms. The first-order valence-electron chi connectivity index (χ1n) is 9.85. The first-order valence-corrected chi connectivity index (χ1v) is 9.85. The number of benzene rings is 3. The maximum Gasteiger partial charge on any atom is 0.127 e. The van der Waals surface area contributed by atoms with Crippen molar-refractivity contribution in [2.45, 2.75) is 39.0 Å². The molecule has 140 valence electrons. The van der Waals surface area contributed by atoms with E-state index in [2.05, 4.69) is 49.1 Å². The van der Waals surface area contributed by atoms with E-state index in [0.717, 1.165) is 24.5 Å². The Morgan fingerprint density at radius 2 is 1.43 bits per heavy atom. The highest BCUT2D eigenvalue weighted by Crippen LogP contribution is 2.37. The molecule has 0 bridgehead atoms. The van der Waals surface area contributed by atoms with E-state index in [1.165, 1.54) is 59.2 Å². The fourth-order valence-electron chi connectivity index (χ4n) is 3.85. The molecule has 28 heavy (non-hydrogen) atoms. The number of hydrogen-bond acceptors (Lipinski definition) is 0. The minimum Gasteiger partial charge on any atom is -0.207 e. The lowest BCUT2D eigenvalue weighted by Gasteiger charge is -2.05. The van der Waals surface area contributed by atoms with Gasteiger partial charge in [-0.05, 0) is 71.3 Å². The summed E-state index contributed by atoms with van der Waals surface area (Å²) >= 11 is 0. The smallest absolute Gasteiger partial charge is 0.127 e. The van der Waals surface area contributed by atoms with Crippen molar-refractivity contribution in [3.63, 3.8) is 0 Å². The van der Waals surface area contributed by atoms with Gasteiger partial charge in [0.1, 0.15) is 11.6 Å². The largest absolute Gasteiger partial charge is 0.207 e. The summed E-state index contributed by atoms with van der Waals surface area (Å²) < 4.78 is 26.6. The first kappa shape index (κ1) is 18.4. The fraction of sp³-hybridized carbons (Fsp3) is 0.231. The standard InChI is InChI=1S/C26H22F2/c1-2-3-4-5-18-8-10-25-21(12-18)16-22-13-19(9-11-26(22)25)6-7-20-14-23(27)17-24(28)15-20/h8-15,17H,2-5,16H2,1H3. The van der Waals surface area contributed by atoms with Gasteiger partial charge in [0.05, 0.1) is 0 Å². The Bertz CT molecular complexity index is 1060. The topological polar surface area (TPSA) is 0 Å². The van der Waals surface area contributed by atoms with E-state index in [1.54, 1.807) is 0 Å². The summed E-state index contributed by atoms with van der Waals surface area (Å²) in [5, 5.41) is 0. The maximum atomic E-state index is 13.3. The SMILES string of the molecule is CCCCCc1ccc2c(c1)Cc1cc(C#Cc3cc(F)cc(F)c3)ccc1-2. The van der Waals surface area contributed by atoms with Crippen LogP contribution in [-0.4, -0.2) is 0 Å². The monoisotopic (exact) mass is 372 g/mol. The molecule has 4 rings (SSSR count). The highest BCUT2D eigenvalue weighted by Gasteiger charge is 2.18. The van der Waals surface area contributed by atoms with Crippen LogP contribution >= 0.6 is 0 Å². The summed E-state index contributed by atoms with van der Waals surface area (Å²) in [4.78, 5) is 0. The van der Waals surface area contributed by atoms with Crippen LogP contribution in [0.15, 0.2) is 54.6 Å². The highest BCUT2D eigenvalue weighted by atomic mass is 19.1. The molecule has 0 fully saturated rings. The van der Waals surface area contributed by atoms with Crippen molar-refractivity contribution in [2.24, 2.45) is 0 Å². The van der Waals surface area contributed by atoms with Crippen LogP contribution in [-0.2, 0) is 12.8 Å². The summed E-state index contributed by atoms with van der Waals surface area (Å²) in [6.07, 6.45) is 5.80. The van der Waals surface area contributed by atoms with E-state index < -0.39 is 11.6 Å². The van der Waals surface area contributed by atoms with Gasteiger partial charge in [-0.15, -0.1) is 0 Å². The molecule has 0 heterocycles. The average molecular weight is 372 g/mol. The third kappa shape index (κ3) is 3.99. The Balaban J connectivity index is 1.55. The molecular weight excluding hydrogens is 350 g/mol. The molecule has 0 nitrogen and oxygen atoms in total. The first-order chi connectivity index (χ1) is 13.6. The second-order valence-corrected chi connectivity index (χ2v) is 7.41. The van der Waals surface area contributed by atoms with Gasteiger partial charge in [0.2, 0.25) is 0 Å². The number of fused-ring (bicyclic) bond motifs is 3. The summed E-state index contributed by atoms with van der Waals surface area (Å²) in [7, 11) is 0. The van der Waals surface area contributed by atoms with E-state index in [-0.39, 0.29) is 0 Å². The third-order valence-corrected chi connectivity index (χ3v) is 5.23. The number of unbranched alkanes of at least 4 members (excludes halogenated alkanes) is 2. The van der Waals surface area contributed by atoms with Gasteiger partial charge in [-0.1, -0.05) is 55.9 Å². The van der Waals surface area contributed by atoms with Crippen molar-refractivity contribution in [3.05, 3.63) is 94.0 Å². The molecule has 1 aliphatic carbocycles. The van der Waals surface area contributed by atoms with Crippen LogP contribution in [0, 0.1) is 23.5 Å². The zero-order valence-electron chi connectivity index (χ0n) is 16.0. The van der Waals surface area contributed by atoms with E-state index in [1.807, 2.05) is 6.07 Å². The van der Waals surface area contributed by atoms with Gasteiger partial charge in [-0.25, -0.2) is 8.78 Å². The fourth-order valence-corrected chi connectivity index (χ4v) is 3.85. The highest BCUT2D eigenvalue weighted by molar-refractivity contribution is 5.77. The summed E-state index contributed by atoms with van der Waals surface area (Å²) in [5.74, 6) is 4.68. The summed E-state index contributed by atoms with van der Waals surface area (Å²) in [5.41, 5.74) is 7.82. The van der Waals surface area contributed by atoms with Crippen LogP contribution < -0.4 is 0 Å². The predicted octanol–water partition coefficient (Wildman–Crippen LogP) is 6.67. The molecule has 3 aromatic rings. The molecule has 2 heteroatoms. The minimum absolute atomic E-state index is 0.345. The van der Waals surface area contributed by atoms with Crippen LogP contribution in [0.1, 0.15) is 54.0 Å². The molecule has 0 atom stereocenters. The molecule has 0 radical (unpaired) electrons. The molecule has 0 saturated carbocycles. The Kier molecular flexibility index (Phi) is 5.26. The van der Waals surface area contributed by atoms with E-state index in [4.69, 9.17) is 0 Å². The Morgan fingerprint density at radius 1 is 0.750 bits per heavy atom. The molecule has 0 aromatic heterocycles. The minimum atomic E-state index is -0.608. The van der Waals surface area contributed by atoms with Crippen molar-refractivity contribution in [2.75, 3.05) is 0 Å². The van der Waals surface area contributed by atoms with Gasteiger partial charge >= 0.3 is 0 Å². The summed E-state index contributed by atoms with van der Waals surface area (Å²) in [6, 6.07) is 16.4. The van der Waals surface area contributed by atoms with E-state index in [9.17, 15) is 8.78 Å². The maximum absolute atomic E-state index is 13.3. The van der Waals surface area contributed by atoms with Crippen molar-refractivity contribution < 1.29 is 8.78 Å². The van der Waals surface area contributed by atoms with Crippen molar-refractivity contribution >= 4 is 0 Å². The van der Waals surface area contributed by atoms with Crippen LogP contribution in [0.3, 0.4) is 0 Å². The second-order valence-electron chi connectivity index (χ2n) is 7.41. The zero-order chi connectivity index (χ0) is 19.5.